The molecule has 0 saturated carbocycles. The van der Waals surface area contributed by atoms with Crippen LogP contribution in [0.1, 0.15) is 21.0 Å². The molecule has 1 aliphatic rings. The number of piperazine rings is 1. The van der Waals surface area contributed by atoms with Crippen molar-refractivity contribution >= 4 is 22.7 Å². The number of carbonyl (C=O) groups is 2. The highest BCUT2D eigenvalue weighted by Gasteiger charge is 2.26. The molecule has 2 aromatic heterocycles. The third-order valence-electron chi connectivity index (χ3n) is 4.50. The zero-order chi connectivity index (χ0) is 17.2. The first-order chi connectivity index (χ1) is 12.2. The van der Waals surface area contributed by atoms with Crippen LogP contribution >= 0.6 is 0 Å². The molecule has 126 valence electrons. The third-order valence-corrected chi connectivity index (χ3v) is 4.50. The number of H-pyrrole nitrogens is 1. The minimum Gasteiger partial charge on any atom is -0.351 e. The molecule has 1 aliphatic heterocycles. The van der Waals surface area contributed by atoms with E-state index >= 15 is 0 Å². The van der Waals surface area contributed by atoms with Gasteiger partial charge in [-0.2, -0.15) is 0 Å². The molecule has 0 spiro atoms. The Morgan fingerprint density at radius 1 is 0.880 bits per heavy atom. The molecular weight excluding hydrogens is 316 g/mol. The van der Waals surface area contributed by atoms with Gasteiger partial charge in [-0.25, -0.2) is 0 Å². The zero-order valence-electron chi connectivity index (χ0n) is 13.7. The summed E-state index contributed by atoms with van der Waals surface area (Å²) in [5.74, 6) is -0.112. The molecule has 6 nitrogen and oxygen atoms in total. The standard InChI is InChI=1S/C19H18N4O2/c24-18(16-7-3-4-8-20-16)22-9-11-23(12-10-22)19(25)17-13-14-5-1-2-6-15(14)21-17/h1-8,13,21H,9-12H2. The van der Waals surface area contributed by atoms with Crippen molar-refractivity contribution < 1.29 is 9.59 Å². The molecule has 1 N–H and O–H groups in total. The van der Waals surface area contributed by atoms with E-state index in [9.17, 15) is 9.59 Å². The maximum absolute atomic E-state index is 12.7. The van der Waals surface area contributed by atoms with Gasteiger partial charge in [-0.15, -0.1) is 0 Å². The van der Waals surface area contributed by atoms with Crippen molar-refractivity contribution in [1.82, 2.24) is 19.8 Å². The van der Waals surface area contributed by atoms with Crippen molar-refractivity contribution in [2.75, 3.05) is 26.2 Å². The Morgan fingerprint density at radius 3 is 2.24 bits per heavy atom. The summed E-state index contributed by atoms with van der Waals surface area (Å²) in [7, 11) is 0. The number of pyridine rings is 1. The molecule has 25 heavy (non-hydrogen) atoms. The molecule has 3 aromatic rings. The summed E-state index contributed by atoms with van der Waals surface area (Å²) in [6, 6.07) is 15.0. The van der Waals surface area contributed by atoms with Crippen molar-refractivity contribution in [2.24, 2.45) is 0 Å². The van der Waals surface area contributed by atoms with E-state index in [1.165, 1.54) is 0 Å². The first-order valence-electron chi connectivity index (χ1n) is 8.30. The second-order valence-electron chi connectivity index (χ2n) is 6.07. The van der Waals surface area contributed by atoms with Crippen molar-refractivity contribution in [2.45, 2.75) is 0 Å². The first kappa shape index (κ1) is 15.4. The number of hydrogen-bond donors (Lipinski definition) is 1. The van der Waals surface area contributed by atoms with Crippen molar-refractivity contribution in [1.29, 1.82) is 0 Å². The fourth-order valence-corrected chi connectivity index (χ4v) is 3.12. The number of nitrogens with zero attached hydrogens (tertiary/aromatic N) is 3. The highest BCUT2D eigenvalue weighted by molar-refractivity contribution is 5.98. The number of nitrogens with one attached hydrogen (secondary N) is 1. The van der Waals surface area contributed by atoms with E-state index in [2.05, 4.69) is 9.97 Å². The molecule has 0 bridgehead atoms. The molecule has 0 unspecified atom stereocenters. The molecule has 2 amide bonds. The van der Waals surface area contributed by atoms with Crippen LogP contribution in [-0.2, 0) is 0 Å². The van der Waals surface area contributed by atoms with Gasteiger partial charge in [-0.3, -0.25) is 14.6 Å². The largest absolute Gasteiger partial charge is 0.351 e. The van der Waals surface area contributed by atoms with Crippen LogP contribution in [0, 0.1) is 0 Å². The molecule has 1 aromatic carbocycles. The smallest absolute Gasteiger partial charge is 0.272 e. The molecule has 0 radical (unpaired) electrons. The fourth-order valence-electron chi connectivity index (χ4n) is 3.12. The lowest BCUT2D eigenvalue weighted by molar-refractivity contribution is 0.0529. The lowest BCUT2D eigenvalue weighted by Gasteiger charge is -2.34. The summed E-state index contributed by atoms with van der Waals surface area (Å²) >= 11 is 0. The van der Waals surface area contributed by atoms with E-state index in [1.54, 1.807) is 34.2 Å². The van der Waals surface area contributed by atoms with E-state index in [4.69, 9.17) is 0 Å². The monoisotopic (exact) mass is 334 g/mol. The summed E-state index contributed by atoms with van der Waals surface area (Å²) in [5.41, 5.74) is 1.98. The quantitative estimate of drug-likeness (QED) is 0.781. The summed E-state index contributed by atoms with van der Waals surface area (Å²) in [4.78, 5) is 35.9. The molecule has 3 heterocycles. The van der Waals surface area contributed by atoms with Crippen molar-refractivity contribution in [3.63, 3.8) is 0 Å². The van der Waals surface area contributed by atoms with E-state index in [-0.39, 0.29) is 11.8 Å². The topological polar surface area (TPSA) is 69.3 Å². The van der Waals surface area contributed by atoms with E-state index < -0.39 is 0 Å². The molecule has 0 atom stereocenters. The van der Waals surface area contributed by atoms with Gasteiger partial charge < -0.3 is 14.8 Å². The normalized spacial score (nSPS) is 14.7. The van der Waals surface area contributed by atoms with E-state index in [1.807, 2.05) is 30.3 Å². The number of aromatic amines is 1. The first-order valence-corrected chi connectivity index (χ1v) is 8.30. The Balaban J connectivity index is 1.43. The van der Waals surface area contributed by atoms with Gasteiger partial charge >= 0.3 is 0 Å². The summed E-state index contributed by atoms with van der Waals surface area (Å²) in [5, 5.41) is 1.02. The highest BCUT2D eigenvalue weighted by Crippen LogP contribution is 2.17. The van der Waals surface area contributed by atoms with Gasteiger partial charge in [-0.05, 0) is 24.3 Å². The third kappa shape index (κ3) is 2.98. The maximum atomic E-state index is 12.7. The highest BCUT2D eigenvalue weighted by atomic mass is 16.2. The second kappa shape index (κ2) is 6.39. The molecule has 0 aliphatic carbocycles. The number of aromatic nitrogens is 2. The van der Waals surface area contributed by atoms with E-state index in [0.717, 1.165) is 10.9 Å². The number of benzene rings is 1. The Kier molecular flexibility index (Phi) is 3.93. The van der Waals surface area contributed by atoms with Crippen molar-refractivity contribution in [3.05, 3.63) is 66.1 Å². The Labute approximate surface area is 145 Å². The van der Waals surface area contributed by atoms with Crippen LogP contribution in [0.4, 0.5) is 0 Å². The predicted octanol–water partition coefficient (Wildman–Crippen LogP) is 2.16. The number of rotatable bonds is 2. The minimum absolute atomic E-state index is 0.0267. The van der Waals surface area contributed by atoms with Crippen LogP contribution in [0.5, 0.6) is 0 Å². The number of hydrogen-bond acceptors (Lipinski definition) is 3. The zero-order valence-corrected chi connectivity index (χ0v) is 13.7. The Hall–Kier alpha value is -3.15. The number of carbonyl (C=O) groups excluding carboxylic acids is 2. The van der Waals surface area contributed by atoms with Crippen LogP contribution in [0.3, 0.4) is 0 Å². The average Bonchev–Trinajstić information content (AvgIpc) is 3.12. The van der Waals surface area contributed by atoms with Gasteiger partial charge in [0.2, 0.25) is 0 Å². The summed E-state index contributed by atoms with van der Waals surface area (Å²) < 4.78 is 0. The van der Waals surface area contributed by atoms with E-state index in [0.29, 0.717) is 37.6 Å². The SMILES string of the molecule is O=C(c1ccccn1)N1CCN(C(=O)c2cc3ccccc3[nH]2)CC1. The second-order valence-corrected chi connectivity index (χ2v) is 6.07. The lowest BCUT2D eigenvalue weighted by atomic mass is 10.2. The van der Waals surface area contributed by atoms with Gasteiger partial charge in [-0.1, -0.05) is 24.3 Å². The molecule has 4 rings (SSSR count). The van der Waals surface area contributed by atoms with Crippen LogP contribution in [0.2, 0.25) is 0 Å². The number of fused-ring (bicyclic) bond motifs is 1. The molecular formula is C19H18N4O2. The molecule has 1 saturated heterocycles. The Bertz CT molecular complexity index is 878. The van der Waals surface area contributed by atoms with Gasteiger partial charge in [0.05, 0.1) is 0 Å². The van der Waals surface area contributed by atoms with Gasteiger partial charge in [0.1, 0.15) is 11.4 Å². The van der Waals surface area contributed by atoms with Crippen LogP contribution in [0.25, 0.3) is 10.9 Å². The van der Waals surface area contributed by atoms with Crippen LogP contribution < -0.4 is 0 Å². The van der Waals surface area contributed by atoms with Crippen LogP contribution in [-0.4, -0.2) is 57.8 Å². The fraction of sp³-hybridized carbons (Fsp3) is 0.211. The maximum Gasteiger partial charge on any atom is 0.272 e. The number of para-hydroxylation sites is 1. The van der Waals surface area contributed by atoms with Crippen molar-refractivity contribution in [3.8, 4) is 0 Å². The van der Waals surface area contributed by atoms with Gasteiger partial charge in [0, 0.05) is 43.3 Å². The summed E-state index contributed by atoms with van der Waals surface area (Å²) in [6.45, 7) is 2.07. The predicted molar refractivity (Wildman–Crippen MR) is 94.3 cm³/mol. The van der Waals surface area contributed by atoms with Gasteiger partial charge in [0.15, 0.2) is 0 Å². The Morgan fingerprint density at radius 2 is 1.56 bits per heavy atom. The minimum atomic E-state index is -0.0849. The summed E-state index contributed by atoms with van der Waals surface area (Å²) in [6.07, 6.45) is 1.61. The number of amides is 2. The van der Waals surface area contributed by atoms with Gasteiger partial charge in [0.25, 0.3) is 11.8 Å². The molecule has 6 heteroatoms. The average molecular weight is 334 g/mol. The molecule has 1 fully saturated rings. The lowest BCUT2D eigenvalue weighted by Crippen LogP contribution is -2.50. The van der Waals surface area contributed by atoms with Crippen LogP contribution in [0.15, 0.2) is 54.7 Å².